The van der Waals surface area contributed by atoms with Crippen LogP contribution >= 0.6 is 0 Å². The Morgan fingerprint density at radius 2 is 1.86 bits per heavy atom. The van der Waals surface area contributed by atoms with Gasteiger partial charge in [-0.1, -0.05) is 13.8 Å². The first kappa shape index (κ1) is 13.9. The number of hydrogen-bond donors (Lipinski definition) is 0. The summed E-state index contributed by atoms with van der Waals surface area (Å²) in [6.45, 7) is 7.70. The van der Waals surface area contributed by atoms with Crippen molar-refractivity contribution in [3.8, 4) is 5.75 Å². The molecule has 0 amide bonds. The van der Waals surface area contributed by atoms with Gasteiger partial charge in [-0.2, -0.15) is 0 Å². The maximum absolute atomic E-state index is 12.5. The van der Waals surface area contributed by atoms with Gasteiger partial charge in [-0.05, 0) is 31.5 Å². The molecule has 0 radical (unpaired) electrons. The maximum Gasteiger partial charge on any atom is 0.234 e. The summed E-state index contributed by atoms with van der Waals surface area (Å²) < 4.78 is 11.1. The molecular formula is C17H18O4. The first-order chi connectivity index (χ1) is 9.78. The topological polar surface area (TPSA) is 52.6 Å². The average Bonchev–Trinajstić information content (AvgIpc) is 2.66. The molecule has 0 spiro atoms. The molecule has 110 valence electrons. The lowest BCUT2D eigenvalue weighted by Gasteiger charge is -2.24. The second kappa shape index (κ2) is 4.20. The van der Waals surface area contributed by atoms with E-state index < -0.39 is 17.0 Å². The van der Waals surface area contributed by atoms with Gasteiger partial charge < -0.3 is 9.47 Å². The minimum atomic E-state index is -0.475. The minimum absolute atomic E-state index is 0.147. The van der Waals surface area contributed by atoms with Gasteiger partial charge in [0.2, 0.25) is 11.6 Å². The van der Waals surface area contributed by atoms with E-state index in [4.69, 9.17) is 9.47 Å². The number of ether oxygens (including phenoxy) is 2. The Morgan fingerprint density at radius 3 is 2.48 bits per heavy atom. The number of methoxy groups -OCH3 is 1. The average molecular weight is 286 g/mol. The van der Waals surface area contributed by atoms with Crippen molar-refractivity contribution in [2.45, 2.75) is 33.8 Å². The van der Waals surface area contributed by atoms with Crippen LogP contribution in [0.25, 0.3) is 5.76 Å². The van der Waals surface area contributed by atoms with E-state index in [1.165, 1.54) is 7.11 Å². The molecule has 2 aliphatic rings. The maximum atomic E-state index is 12.5. The summed E-state index contributed by atoms with van der Waals surface area (Å²) >= 11 is 0. The van der Waals surface area contributed by atoms with E-state index in [9.17, 15) is 9.59 Å². The molecule has 21 heavy (non-hydrogen) atoms. The fraction of sp³-hybridized carbons (Fsp3) is 0.412. The van der Waals surface area contributed by atoms with Gasteiger partial charge in [0.05, 0.1) is 12.7 Å². The third-order valence-electron chi connectivity index (χ3n) is 4.63. The van der Waals surface area contributed by atoms with Crippen LogP contribution in [-0.4, -0.2) is 24.8 Å². The zero-order chi connectivity index (χ0) is 15.5. The molecule has 1 heterocycles. The van der Waals surface area contributed by atoms with Crippen molar-refractivity contribution in [2.24, 2.45) is 5.41 Å². The summed E-state index contributed by atoms with van der Waals surface area (Å²) in [5, 5.41) is 0. The first-order valence-electron chi connectivity index (χ1n) is 6.98. The lowest BCUT2D eigenvalue weighted by molar-refractivity contribution is -0.112. The molecule has 1 aliphatic heterocycles. The van der Waals surface area contributed by atoms with Gasteiger partial charge in [-0.25, -0.2) is 0 Å². The highest BCUT2D eigenvalue weighted by Gasteiger charge is 2.50. The zero-order valence-electron chi connectivity index (χ0n) is 12.9. The Hall–Kier alpha value is -2.10. The highest BCUT2D eigenvalue weighted by atomic mass is 16.5. The molecule has 0 N–H and O–H groups in total. The second-order valence-electron chi connectivity index (χ2n) is 6.21. The van der Waals surface area contributed by atoms with Crippen LogP contribution in [0, 0.1) is 12.3 Å². The van der Waals surface area contributed by atoms with Gasteiger partial charge in [-0.3, -0.25) is 9.59 Å². The Bertz CT molecular complexity index is 710. The number of hydrogen-bond acceptors (Lipinski definition) is 4. The molecule has 0 aromatic heterocycles. The van der Waals surface area contributed by atoms with E-state index in [2.05, 4.69) is 0 Å². The lowest BCUT2D eigenvalue weighted by Crippen LogP contribution is -2.32. The third-order valence-corrected chi connectivity index (χ3v) is 4.63. The molecule has 4 nitrogen and oxygen atoms in total. The predicted octanol–water partition coefficient (Wildman–Crippen LogP) is 2.93. The number of ketones is 2. The number of Topliss-reactive ketones (excluding diaryl/α,β-unsaturated/α-hetero) is 2. The van der Waals surface area contributed by atoms with Crippen molar-refractivity contribution in [3.05, 3.63) is 34.4 Å². The molecule has 4 heteroatoms. The Kier molecular flexibility index (Phi) is 2.77. The van der Waals surface area contributed by atoms with Crippen molar-refractivity contribution in [1.82, 2.24) is 0 Å². The van der Waals surface area contributed by atoms with Crippen molar-refractivity contribution < 1.29 is 19.1 Å². The van der Waals surface area contributed by atoms with Crippen LogP contribution in [-0.2, 0) is 9.53 Å². The molecule has 3 rings (SSSR count). The molecular weight excluding hydrogens is 268 g/mol. The van der Waals surface area contributed by atoms with Gasteiger partial charge in [0.15, 0.2) is 0 Å². The molecule has 1 aromatic rings. The van der Waals surface area contributed by atoms with Crippen LogP contribution in [0.5, 0.6) is 5.75 Å². The van der Waals surface area contributed by atoms with Crippen LogP contribution in [0.3, 0.4) is 0 Å². The van der Waals surface area contributed by atoms with Crippen LogP contribution in [0.1, 0.15) is 42.3 Å². The number of rotatable bonds is 1. The molecule has 0 fully saturated rings. The Labute approximate surface area is 123 Å². The third kappa shape index (κ3) is 1.68. The minimum Gasteiger partial charge on any atom is -0.497 e. The predicted molar refractivity (Wildman–Crippen MR) is 78.3 cm³/mol. The molecule has 0 saturated carbocycles. The van der Waals surface area contributed by atoms with Crippen molar-refractivity contribution in [3.63, 3.8) is 0 Å². The Balaban J connectivity index is 2.34. The smallest absolute Gasteiger partial charge is 0.234 e. The summed E-state index contributed by atoms with van der Waals surface area (Å²) in [5.74, 6) is 0.199. The van der Waals surface area contributed by atoms with E-state index in [1.54, 1.807) is 6.07 Å². The SMILES string of the molecule is COc1cc(C)c2c(c1)C(=O)C(=O)C1=C2O[C@@H](C)C1(C)C. The van der Waals surface area contributed by atoms with Crippen LogP contribution in [0.2, 0.25) is 0 Å². The number of benzene rings is 1. The van der Waals surface area contributed by atoms with Gasteiger partial charge in [0.1, 0.15) is 17.6 Å². The zero-order valence-corrected chi connectivity index (χ0v) is 12.9. The lowest BCUT2D eigenvalue weighted by atomic mass is 9.74. The summed E-state index contributed by atoms with van der Waals surface area (Å²) in [5.41, 5.74) is 2.02. The quantitative estimate of drug-likeness (QED) is 0.745. The van der Waals surface area contributed by atoms with E-state index in [1.807, 2.05) is 33.8 Å². The standard InChI is InChI=1S/C17H18O4/c1-8-6-10(20-5)7-11-12(8)16-13(15(19)14(11)18)17(3,4)9(2)21-16/h6-7,9H,1-5H3/t9-/m0/s1. The molecule has 0 bridgehead atoms. The molecule has 1 aliphatic carbocycles. The van der Waals surface area contributed by atoms with E-state index in [-0.39, 0.29) is 6.10 Å². The van der Waals surface area contributed by atoms with Gasteiger partial charge >= 0.3 is 0 Å². The van der Waals surface area contributed by atoms with Crippen molar-refractivity contribution in [2.75, 3.05) is 7.11 Å². The van der Waals surface area contributed by atoms with Crippen molar-refractivity contribution >= 4 is 17.3 Å². The van der Waals surface area contributed by atoms with Crippen LogP contribution in [0.15, 0.2) is 17.7 Å². The summed E-state index contributed by atoms with van der Waals surface area (Å²) in [6.07, 6.45) is -0.147. The van der Waals surface area contributed by atoms with Crippen LogP contribution in [0.4, 0.5) is 0 Å². The van der Waals surface area contributed by atoms with Crippen molar-refractivity contribution in [1.29, 1.82) is 0 Å². The van der Waals surface area contributed by atoms with E-state index >= 15 is 0 Å². The van der Waals surface area contributed by atoms with Gasteiger partial charge in [-0.15, -0.1) is 0 Å². The molecule has 1 aromatic carbocycles. The number of carbonyl (C=O) groups excluding carboxylic acids is 2. The molecule has 0 saturated heterocycles. The normalized spacial score (nSPS) is 22.8. The first-order valence-corrected chi connectivity index (χ1v) is 6.98. The fourth-order valence-electron chi connectivity index (χ4n) is 3.05. The van der Waals surface area contributed by atoms with E-state index in [0.717, 1.165) is 11.1 Å². The molecule has 1 atom stereocenters. The number of fused-ring (bicyclic) bond motifs is 2. The van der Waals surface area contributed by atoms with E-state index in [0.29, 0.717) is 22.6 Å². The summed E-state index contributed by atoms with van der Waals surface area (Å²) in [6, 6.07) is 3.47. The highest BCUT2D eigenvalue weighted by Crippen LogP contribution is 2.50. The largest absolute Gasteiger partial charge is 0.497 e. The molecule has 0 unspecified atom stereocenters. The Morgan fingerprint density at radius 1 is 1.19 bits per heavy atom. The number of carbonyl (C=O) groups is 2. The van der Waals surface area contributed by atoms with Crippen LogP contribution < -0.4 is 4.74 Å². The second-order valence-corrected chi connectivity index (χ2v) is 6.21. The van der Waals surface area contributed by atoms with Gasteiger partial charge in [0.25, 0.3) is 0 Å². The summed E-state index contributed by atoms with van der Waals surface area (Å²) in [4.78, 5) is 25.0. The highest BCUT2D eigenvalue weighted by molar-refractivity contribution is 6.52. The fourth-order valence-corrected chi connectivity index (χ4v) is 3.05. The van der Waals surface area contributed by atoms with Gasteiger partial charge in [0, 0.05) is 16.5 Å². The number of aryl methyl sites for hydroxylation is 1. The summed E-state index contributed by atoms with van der Waals surface area (Å²) in [7, 11) is 1.54. The monoisotopic (exact) mass is 286 g/mol.